The van der Waals surface area contributed by atoms with Crippen LogP contribution in [0.5, 0.6) is 0 Å². The Kier molecular flexibility index (Phi) is 4.51. The summed E-state index contributed by atoms with van der Waals surface area (Å²) in [6.07, 6.45) is 5.99. The average molecular weight is 344 g/mol. The Morgan fingerprint density at radius 2 is 1.81 bits per heavy atom. The smallest absolute Gasteiger partial charge is 0.224 e. The van der Waals surface area contributed by atoms with Crippen molar-refractivity contribution in [1.29, 1.82) is 0 Å². The summed E-state index contributed by atoms with van der Waals surface area (Å²) >= 11 is 0. The third-order valence-electron chi connectivity index (χ3n) is 4.51. The molecule has 0 saturated heterocycles. The summed E-state index contributed by atoms with van der Waals surface area (Å²) < 4.78 is 1.88. The van der Waals surface area contributed by atoms with E-state index >= 15 is 0 Å². The summed E-state index contributed by atoms with van der Waals surface area (Å²) in [5.74, 6) is 0.0173. The maximum Gasteiger partial charge on any atom is 0.224 e. The zero-order chi connectivity index (χ0) is 17.8. The average Bonchev–Trinajstić information content (AvgIpc) is 3.31. The number of hydrogen-bond donors (Lipinski definition) is 2. The van der Waals surface area contributed by atoms with E-state index in [4.69, 9.17) is 0 Å². The van der Waals surface area contributed by atoms with E-state index in [1.165, 1.54) is 0 Å². The number of aromatic amines is 1. The molecule has 4 rings (SSSR count). The molecular weight excluding hydrogens is 324 g/mol. The Bertz CT molecular complexity index is 1020. The van der Waals surface area contributed by atoms with Gasteiger partial charge in [0.15, 0.2) is 0 Å². The van der Waals surface area contributed by atoms with Gasteiger partial charge in [-0.3, -0.25) is 9.48 Å². The molecule has 0 radical (unpaired) electrons. The molecule has 0 aliphatic carbocycles. The zero-order valence-corrected chi connectivity index (χ0v) is 14.4. The quantitative estimate of drug-likeness (QED) is 0.564. The second kappa shape index (κ2) is 7.27. The van der Waals surface area contributed by atoms with Crippen LogP contribution in [0.1, 0.15) is 16.7 Å². The van der Waals surface area contributed by atoms with Crippen molar-refractivity contribution < 1.29 is 4.79 Å². The van der Waals surface area contributed by atoms with Crippen LogP contribution in [0.25, 0.3) is 10.9 Å². The summed E-state index contributed by atoms with van der Waals surface area (Å²) in [5.41, 5.74) is 4.33. The first-order valence-corrected chi connectivity index (χ1v) is 8.65. The number of aromatic nitrogens is 3. The highest BCUT2D eigenvalue weighted by Crippen LogP contribution is 2.18. The van der Waals surface area contributed by atoms with Crippen LogP contribution < -0.4 is 5.32 Å². The summed E-state index contributed by atoms with van der Waals surface area (Å²) in [7, 11) is 0. The molecule has 0 saturated carbocycles. The van der Waals surface area contributed by atoms with E-state index in [0.717, 1.165) is 27.6 Å². The monoisotopic (exact) mass is 344 g/mol. The summed E-state index contributed by atoms with van der Waals surface area (Å²) in [6, 6.07) is 18.1. The van der Waals surface area contributed by atoms with Crippen molar-refractivity contribution in [3.05, 3.63) is 89.9 Å². The SMILES string of the molecule is O=C(Cc1c[nH]c2ccccc12)NCc1ccccc1Cn1cccn1. The molecule has 26 heavy (non-hydrogen) atoms. The Balaban J connectivity index is 1.42. The molecule has 4 aromatic rings. The van der Waals surface area contributed by atoms with Crippen LogP contribution in [0, 0.1) is 0 Å². The van der Waals surface area contributed by atoms with Gasteiger partial charge in [-0.1, -0.05) is 42.5 Å². The lowest BCUT2D eigenvalue weighted by molar-refractivity contribution is -0.120. The van der Waals surface area contributed by atoms with Crippen LogP contribution in [0.3, 0.4) is 0 Å². The Labute approximate surface area is 151 Å². The van der Waals surface area contributed by atoms with Gasteiger partial charge in [0, 0.05) is 36.0 Å². The fraction of sp³-hybridized carbons (Fsp3) is 0.143. The molecule has 0 bridgehead atoms. The van der Waals surface area contributed by atoms with Gasteiger partial charge < -0.3 is 10.3 Å². The van der Waals surface area contributed by atoms with Gasteiger partial charge in [0.1, 0.15) is 0 Å². The molecule has 0 fully saturated rings. The van der Waals surface area contributed by atoms with Crippen molar-refractivity contribution in [3.63, 3.8) is 0 Å². The molecule has 1 amide bonds. The number of hydrogen-bond acceptors (Lipinski definition) is 2. The van der Waals surface area contributed by atoms with Gasteiger partial charge in [0.05, 0.1) is 13.0 Å². The number of carbonyl (C=O) groups excluding carboxylic acids is 1. The fourth-order valence-corrected chi connectivity index (χ4v) is 3.16. The number of para-hydroxylation sites is 1. The van der Waals surface area contributed by atoms with Gasteiger partial charge in [-0.05, 0) is 28.8 Å². The lowest BCUT2D eigenvalue weighted by Gasteiger charge is -2.11. The van der Waals surface area contributed by atoms with E-state index in [9.17, 15) is 4.79 Å². The van der Waals surface area contributed by atoms with E-state index in [2.05, 4.69) is 21.5 Å². The standard InChI is InChI=1S/C21H20N4O/c26-21(12-18-14-22-20-9-4-3-8-19(18)20)23-13-16-6-1-2-7-17(16)15-25-11-5-10-24-25/h1-11,14,22H,12-13,15H2,(H,23,26). The highest BCUT2D eigenvalue weighted by Gasteiger charge is 2.09. The molecule has 0 spiro atoms. The van der Waals surface area contributed by atoms with Crippen LogP contribution in [-0.4, -0.2) is 20.7 Å². The Morgan fingerprint density at radius 3 is 2.65 bits per heavy atom. The number of fused-ring (bicyclic) bond motifs is 1. The lowest BCUT2D eigenvalue weighted by Crippen LogP contribution is -2.25. The Hall–Kier alpha value is -3.34. The number of amides is 1. The normalized spacial score (nSPS) is 10.9. The molecule has 0 unspecified atom stereocenters. The molecule has 2 aromatic carbocycles. The van der Waals surface area contributed by atoms with E-state index in [1.807, 2.05) is 65.6 Å². The first kappa shape index (κ1) is 16.1. The predicted molar refractivity (Wildman–Crippen MR) is 102 cm³/mol. The minimum Gasteiger partial charge on any atom is -0.361 e. The van der Waals surface area contributed by atoms with Gasteiger partial charge in [-0.25, -0.2) is 0 Å². The predicted octanol–water partition coefficient (Wildman–Crippen LogP) is 3.27. The second-order valence-corrected chi connectivity index (χ2v) is 6.29. The van der Waals surface area contributed by atoms with Gasteiger partial charge >= 0.3 is 0 Å². The fourth-order valence-electron chi connectivity index (χ4n) is 3.16. The molecule has 0 aliphatic heterocycles. The van der Waals surface area contributed by atoms with Crippen LogP contribution in [0.15, 0.2) is 73.2 Å². The largest absolute Gasteiger partial charge is 0.361 e. The van der Waals surface area contributed by atoms with Crippen LogP contribution in [0.2, 0.25) is 0 Å². The number of benzene rings is 2. The number of carbonyl (C=O) groups is 1. The van der Waals surface area contributed by atoms with Crippen LogP contribution in [-0.2, 0) is 24.3 Å². The highest BCUT2D eigenvalue weighted by atomic mass is 16.1. The molecule has 2 heterocycles. The highest BCUT2D eigenvalue weighted by molar-refractivity contribution is 5.88. The number of rotatable bonds is 6. The molecule has 5 nitrogen and oxygen atoms in total. The van der Waals surface area contributed by atoms with Crippen molar-refractivity contribution in [2.75, 3.05) is 0 Å². The third kappa shape index (κ3) is 3.52. The number of nitrogens with one attached hydrogen (secondary N) is 2. The van der Waals surface area contributed by atoms with Crippen molar-refractivity contribution in [1.82, 2.24) is 20.1 Å². The topological polar surface area (TPSA) is 62.7 Å². The van der Waals surface area contributed by atoms with E-state index in [0.29, 0.717) is 19.5 Å². The van der Waals surface area contributed by atoms with Gasteiger partial charge in [0.25, 0.3) is 0 Å². The summed E-state index contributed by atoms with van der Waals surface area (Å²) in [6.45, 7) is 1.21. The number of nitrogens with zero attached hydrogens (tertiary/aromatic N) is 2. The first-order valence-electron chi connectivity index (χ1n) is 8.65. The maximum absolute atomic E-state index is 12.4. The van der Waals surface area contributed by atoms with Gasteiger partial charge in [-0.15, -0.1) is 0 Å². The molecule has 0 aliphatic rings. The van der Waals surface area contributed by atoms with Crippen LogP contribution >= 0.6 is 0 Å². The van der Waals surface area contributed by atoms with Crippen molar-refractivity contribution in [2.24, 2.45) is 0 Å². The minimum atomic E-state index is 0.0173. The summed E-state index contributed by atoms with van der Waals surface area (Å²) in [5, 5.41) is 8.39. The van der Waals surface area contributed by atoms with Gasteiger partial charge in [-0.2, -0.15) is 5.10 Å². The maximum atomic E-state index is 12.4. The van der Waals surface area contributed by atoms with Crippen LogP contribution in [0.4, 0.5) is 0 Å². The summed E-state index contributed by atoms with van der Waals surface area (Å²) in [4.78, 5) is 15.6. The molecule has 0 atom stereocenters. The van der Waals surface area contributed by atoms with E-state index < -0.39 is 0 Å². The van der Waals surface area contributed by atoms with Crippen molar-refractivity contribution >= 4 is 16.8 Å². The minimum absolute atomic E-state index is 0.0173. The second-order valence-electron chi connectivity index (χ2n) is 6.29. The molecule has 130 valence electrons. The van der Waals surface area contributed by atoms with Crippen molar-refractivity contribution in [2.45, 2.75) is 19.5 Å². The molecule has 5 heteroatoms. The lowest BCUT2D eigenvalue weighted by atomic mass is 10.1. The van der Waals surface area contributed by atoms with E-state index in [-0.39, 0.29) is 5.91 Å². The molecule has 2 aromatic heterocycles. The Morgan fingerprint density at radius 1 is 1.00 bits per heavy atom. The molecular formula is C21H20N4O. The van der Waals surface area contributed by atoms with Gasteiger partial charge in [0.2, 0.25) is 5.91 Å². The third-order valence-corrected chi connectivity index (χ3v) is 4.51. The first-order chi connectivity index (χ1) is 12.8. The van der Waals surface area contributed by atoms with E-state index in [1.54, 1.807) is 6.20 Å². The van der Waals surface area contributed by atoms with Crippen molar-refractivity contribution in [3.8, 4) is 0 Å². The zero-order valence-electron chi connectivity index (χ0n) is 14.4. The molecule has 2 N–H and O–H groups in total. The number of H-pyrrole nitrogens is 1.